The first-order valence-corrected chi connectivity index (χ1v) is 7.99. The van der Waals surface area contributed by atoms with Gasteiger partial charge in [-0.3, -0.25) is 0 Å². The molecule has 1 aliphatic rings. The number of hydrogen-bond acceptors (Lipinski definition) is 4. The average molecular weight is 317 g/mol. The molecule has 1 aromatic rings. The number of sulfonamides is 1. The zero-order chi connectivity index (χ0) is 14.9. The highest BCUT2D eigenvalue weighted by Crippen LogP contribution is 2.20. The van der Waals surface area contributed by atoms with Crippen LogP contribution in [0.1, 0.15) is 12.0 Å². The fourth-order valence-electron chi connectivity index (χ4n) is 2.28. The third kappa shape index (κ3) is 3.14. The highest BCUT2D eigenvalue weighted by atomic mass is 32.2. The first kappa shape index (κ1) is 15.3. The zero-order valence-electron chi connectivity index (χ0n) is 11.0. The van der Waals surface area contributed by atoms with Gasteiger partial charge in [-0.2, -0.15) is 0 Å². The third-order valence-corrected chi connectivity index (χ3v) is 4.99. The Kier molecular flexibility index (Phi) is 4.38. The number of benzene rings is 1. The van der Waals surface area contributed by atoms with Gasteiger partial charge in [0.25, 0.3) is 0 Å². The molecular weight excluding hydrogens is 301 g/mol. The molecule has 1 unspecified atom stereocenters. The largest absolute Gasteiger partial charge is 0.389 e. The van der Waals surface area contributed by atoms with Crippen molar-refractivity contribution in [3.05, 3.63) is 29.6 Å². The van der Waals surface area contributed by atoms with Gasteiger partial charge in [-0.05, 0) is 32.1 Å². The minimum atomic E-state index is -3.85. The fraction of sp³-hybridized carbons (Fsp3) is 0.417. The molecule has 1 fully saturated rings. The number of nitrogens with one attached hydrogen (secondary N) is 1. The lowest BCUT2D eigenvalue weighted by molar-refractivity contribution is 0.407. The summed E-state index contributed by atoms with van der Waals surface area (Å²) in [4.78, 5) is 1.54. The average Bonchev–Trinajstić information content (AvgIpc) is 2.73. The predicted molar refractivity (Wildman–Crippen MR) is 78.5 cm³/mol. The van der Waals surface area contributed by atoms with Gasteiger partial charge in [0.05, 0.1) is 10.5 Å². The summed E-state index contributed by atoms with van der Waals surface area (Å²) in [6, 6.07) is 3.58. The number of hydrogen-bond donors (Lipinski definition) is 2. The van der Waals surface area contributed by atoms with Crippen molar-refractivity contribution >= 4 is 27.2 Å². The molecule has 0 spiro atoms. The zero-order valence-corrected chi connectivity index (χ0v) is 12.6. The Morgan fingerprint density at radius 3 is 2.80 bits per heavy atom. The van der Waals surface area contributed by atoms with Crippen molar-refractivity contribution in [2.24, 2.45) is 5.73 Å². The first-order chi connectivity index (χ1) is 9.31. The summed E-state index contributed by atoms with van der Waals surface area (Å²) in [5, 5.41) is 0. The standard InChI is InChI=1S/C12H16FN3O2S2/c1-16-6-5-8(7-16)15-20(17,18)10-4-2-3-9(13)11(10)12(14)19/h2-4,8,15H,5-7H2,1H3,(H2,14,19). The Bertz CT molecular complexity index is 634. The topological polar surface area (TPSA) is 75.4 Å². The molecular formula is C12H16FN3O2S2. The predicted octanol–water partition coefficient (Wildman–Crippen LogP) is 0.442. The summed E-state index contributed by atoms with van der Waals surface area (Å²) in [6.45, 7) is 1.44. The quantitative estimate of drug-likeness (QED) is 0.788. The molecule has 110 valence electrons. The van der Waals surface area contributed by atoms with Gasteiger partial charge < -0.3 is 10.6 Å². The van der Waals surface area contributed by atoms with E-state index in [0.29, 0.717) is 13.0 Å². The van der Waals surface area contributed by atoms with Crippen LogP contribution in [-0.4, -0.2) is 44.5 Å². The number of rotatable bonds is 4. The number of likely N-dealkylation sites (tertiary alicyclic amines) is 1. The van der Waals surface area contributed by atoms with Crippen molar-refractivity contribution in [2.75, 3.05) is 20.1 Å². The second-order valence-electron chi connectivity index (χ2n) is 4.85. The van der Waals surface area contributed by atoms with E-state index in [9.17, 15) is 12.8 Å². The van der Waals surface area contributed by atoms with Crippen LogP contribution in [0.3, 0.4) is 0 Å². The maximum atomic E-state index is 13.7. The van der Waals surface area contributed by atoms with Gasteiger partial charge in [0, 0.05) is 12.6 Å². The molecule has 0 aliphatic carbocycles. The van der Waals surface area contributed by atoms with Crippen molar-refractivity contribution in [3.8, 4) is 0 Å². The van der Waals surface area contributed by atoms with Crippen LogP contribution >= 0.6 is 12.2 Å². The van der Waals surface area contributed by atoms with E-state index >= 15 is 0 Å². The fourth-order valence-corrected chi connectivity index (χ4v) is 4.05. The summed E-state index contributed by atoms with van der Waals surface area (Å²) in [7, 11) is -1.94. The van der Waals surface area contributed by atoms with Crippen molar-refractivity contribution in [2.45, 2.75) is 17.4 Å². The second-order valence-corrected chi connectivity index (χ2v) is 6.97. The van der Waals surface area contributed by atoms with Crippen LogP contribution < -0.4 is 10.5 Å². The van der Waals surface area contributed by atoms with E-state index in [1.165, 1.54) is 12.1 Å². The van der Waals surface area contributed by atoms with Gasteiger partial charge in [-0.25, -0.2) is 17.5 Å². The van der Waals surface area contributed by atoms with E-state index in [0.717, 1.165) is 12.6 Å². The highest BCUT2D eigenvalue weighted by molar-refractivity contribution is 7.89. The van der Waals surface area contributed by atoms with Crippen LogP contribution in [0.25, 0.3) is 0 Å². The molecule has 5 nitrogen and oxygen atoms in total. The normalized spacial score (nSPS) is 20.2. The lowest BCUT2D eigenvalue weighted by atomic mass is 10.2. The molecule has 20 heavy (non-hydrogen) atoms. The Hall–Kier alpha value is -1.09. The van der Waals surface area contributed by atoms with Crippen molar-refractivity contribution < 1.29 is 12.8 Å². The Morgan fingerprint density at radius 2 is 2.25 bits per heavy atom. The Labute approximate surface area is 123 Å². The summed E-state index contributed by atoms with van der Waals surface area (Å²) in [5.41, 5.74) is 5.20. The summed E-state index contributed by atoms with van der Waals surface area (Å²) in [5.74, 6) is -0.732. The lowest BCUT2D eigenvalue weighted by Gasteiger charge is -2.15. The molecule has 1 atom stereocenters. The van der Waals surface area contributed by atoms with Crippen LogP contribution in [0, 0.1) is 5.82 Å². The van der Waals surface area contributed by atoms with Gasteiger partial charge in [-0.15, -0.1) is 0 Å². The van der Waals surface area contributed by atoms with Crippen molar-refractivity contribution in [3.63, 3.8) is 0 Å². The number of thiocarbonyl (C=S) groups is 1. The second kappa shape index (κ2) is 5.72. The molecule has 1 heterocycles. The van der Waals surface area contributed by atoms with E-state index in [4.69, 9.17) is 18.0 Å². The van der Waals surface area contributed by atoms with E-state index in [-0.39, 0.29) is 21.5 Å². The molecule has 2 rings (SSSR count). The number of nitrogens with two attached hydrogens (primary N) is 1. The Balaban J connectivity index is 2.35. The minimum Gasteiger partial charge on any atom is -0.389 e. The Morgan fingerprint density at radius 1 is 1.55 bits per heavy atom. The van der Waals surface area contributed by atoms with Crippen LogP contribution in [0.2, 0.25) is 0 Å². The maximum absolute atomic E-state index is 13.7. The van der Waals surface area contributed by atoms with Gasteiger partial charge in [0.1, 0.15) is 10.8 Å². The van der Waals surface area contributed by atoms with E-state index in [1.807, 2.05) is 11.9 Å². The van der Waals surface area contributed by atoms with Crippen LogP contribution in [0.15, 0.2) is 23.1 Å². The van der Waals surface area contributed by atoms with Crippen molar-refractivity contribution in [1.82, 2.24) is 9.62 Å². The number of halogens is 1. The van der Waals surface area contributed by atoms with Crippen LogP contribution in [0.4, 0.5) is 4.39 Å². The molecule has 1 saturated heterocycles. The smallest absolute Gasteiger partial charge is 0.241 e. The molecule has 0 radical (unpaired) electrons. The number of nitrogens with zero attached hydrogens (tertiary/aromatic N) is 1. The molecule has 1 aliphatic heterocycles. The molecule has 0 saturated carbocycles. The van der Waals surface area contributed by atoms with Gasteiger partial charge in [0.2, 0.25) is 10.0 Å². The van der Waals surface area contributed by atoms with Crippen molar-refractivity contribution in [1.29, 1.82) is 0 Å². The van der Waals surface area contributed by atoms with Crippen LogP contribution in [-0.2, 0) is 10.0 Å². The molecule has 0 bridgehead atoms. The van der Waals surface area contributed by atoms with E-state index < -0.39 is 15.8 Å². The summed E-state index contributed by atoms with van der Waals surface area (Å²) in [6.07, 6.45) is 0.716. The molecule has 1 aromatic carbocycles. The highest BCUT2D eigenvalue weighted by Gasteiger charge is 2.28. The van der Waals surface area contributed by atoms with E-state index in [1.54, 1.807) is 0 Å². The number of likely N-dealkylation sites (N-methyl/N-ethyl adjacent to an activating group) is 1. The minimum absolute atomic E-state index is 0.188. The third-order valence-electron chi connectivity index (χ3n) is 3.22. The van der Waals surface area contributed by atoms with Gasteiger partial charge in [0.15, 0.2) is 0 Å². The summed E-state index contributed by atoms with van der Waals surface area (Å²) < 4.78 is 41.0. The monoisotopic (exact) mass is 317 g/mol. The van der Waals surface area contributed by atoms with Gasteiger partial charge >= 0.3 is 0 Å². The summed E-state index contributed by atoms with van der Waals surface area (Å²) >= 11 is 4.74. The SMILES string of the molecule is CN1CCC(NS(=O)(=O)c2cccc(F)c2C(N)=S)C1. The van der Waals surface area contributed by atoms with Crippen LogP contribution in [0.5, 0.6) is 0 Å². The molecule has 8 heteroatoms. The van der Waals surface area contributed by atoms with Gasteiger partial charge in [-0.1, -0.05) is 18.3 Å². The maximum Gasteiger partial charge on any atom is 0.241 e. The molecule has 3 N–H and O–H groups in total. The molecule has 0 amide bonds. The lowest BCUT2D eigenvalue weighted by Crippen LogP contribution is -2.37. The first-order valence-electron chi connectivity index (χ1n) is 6.10. The van der Waals surface area contributed by atoms with E-state index in [2.05, 4.69) is 4.72 Å². The molecule has 0 aromatic heterocycles.